The Kier molecular flexibility index (Phi) is 7.60. The van der Waals surface area contributed by atoms with E-state index < -0.39 is 17.9 Å². The second-order valence-electron chi connectivity index (χ2n) is 7.66. The van der Waals surface area contributed by atoms with Crippen molar-refractivity contribution < 1.29 is 29.0 Å². The molecule has 1 aliphatic heterocycles. The Morgan fingerprint density at radius 1 is 1.25 bits per heavy atom. The first-order chi connectivity index (χ1) is 13.2. The lowest BCUT2D eigenvalue weighted by molar-refractivity contribution is -0.170. The van der Waals surface area contributed by atoms with Crippen molar-refractivity contribution in [3.8, 4) is 0 Å². The summed E-state index contributed by atoms with van der Waals surface area (Å²) in [5.41, 5.74) is 1.24. The molecule has 0 aliphatic carbocycles. The fourth-order valence-corrected chi connectivity index (χ4v) is 2.96. The zero-order valence-corrected chi connectivity index (χ0v) is 16.9. The Labute approximate surface area is 165 Å². The molecule has 0 amide bonds. The average Bonchev–Trinajstić information content (AvgIpc) is 2.59. The Balaban J connectivity index is 1.90. The van der Waals surface area contributed by atoms with Gasteiger partial charge in [0.1, 0.15) is 5.60 Å². The number of ether oxygens (including phenoxy) is 2. The maximum absolute atomic E-state index is 11.8. The van der Waals surface area contributed by atoms with Gasteiger partial charge in [-0.05, 0) is 51.3 Å². The van der Waals surface area contributed by atoms with Crippen molar-refractivity contribution in [3.63, 3.8) is 0 Å². The molecule has 1 N–H and O–H groups in total. The van der Waals surface area contributed by atoms with E-state index in [0.717, 1.165) is 11.1 Å². The highest BCUT2D eigenvalue weighted by atomic mass is 16.8. The molecule has 1 aromatic carbocycles. The number of nitrogens with zero attached hydrogens (tertiary/aromatic N) is 1. The number of hydroxylamine groups is 2. The Morgan fingerprint density at radius 2 is 1.93 bits per heavy atom. The molecular formula is C21H29NO6. The Morgan fingerprint density at radius 3 is 2.50 bits per heavy atom. The molecule has 1 saturated heterocycles. The Bertz CT molecular complexity index is 692. The molecule has 1 aliphatic rings. The smallest absolute Gasteiger partial charge is 0.463 e. The molecule has 0 saturated carbocycles. The number of hydrogen-bond acceptors (Lipinski definition) is 7. The van der Waals surface area contributed by atoms with E-state index in [9.17, 15) is 14.7 Å². The van der Waals surface area contributed by atoms with Crippen molar-refractivity contribution >= 4 is 18.2 Å². The molecule has 1 heterocycles. The van der Waals surface area contributed by atoms with E-state index in [4.69, 9.17) is 14.3 Å². The van der Waals surface area contributed by atoms with Crippen LogP contribution in [0.3, 0.4) is 0 Å². The predicted molar refractivity (Wildman–Crippen MR) is 104 cm³/mol. The molecule has 0 bridgehead atoms. The SMILES string of the molecule is CCOC(=O)C=Cc1ccc(C2CCN(OC(=O)OC(C)(C)C)CC2O)cc1. The van der Waals surface area contributed by atoms with Gasteiger partial charge in [0, 0.05) is 18.5 Å². The van der Waals surface area contributed by atoms with Gasteiger partial charge in [0.05, 0.1) is 19.3 Å². The first-order valence-electron chi connectivity index (χ1n) is 9.46. The van der Waals surface area contributed by atoms with Crippen LogP contribution in [0.4, 0.5) is 4.79 Å². The van der Waals surface area contributed by atoms with E-state index in [0.29, 0.717) is 19.6 Å². The van der Waals surface area contributed by atoms with Gasteiger partial charge in [0.15, 0.2) is 0 Å². The third-order valence-electron chi connectivity index (χ3n) is 4.20. The zero-order valence-electron chi connectivity index (χ0n) is 16.9. The number of β-amino-alcohol motifs (C(OH)–C–C–N with tert-alkyl or cyclic N) is 1. The van der Waals surface area contributed by atoms with Crippen LogP contribution in [0.15, 0.2) is 30.3 Å². The maximum Gasteiger partial charge on any atom is 0.528 e. The van der Waals surface area contributed by atoms with Crippen molar-refractivity contribution in [2.45, 2.75) is 51.7 Å². The van der Waals surface area contributed by atoms with Crippen LogP contribution < -0.4 is 0 Å². The van der Waals surface area contributed by atoms with Crippen LogP contribution in [-0.4, -0.2) is 53.7 Å². The lowest BCUT2D eigenvalue weighted by Crippen LogP contribution is -2.44. The third kappa shape index (κ3) is 6.98. The van der Waals surface area contributed by atoms with Crippen LogP contribution in [0.1, 0.15) is 51.2 Å². The zero-order chi connectivity index (χ0) is 20.7. The molecule has 1 fully saturated rings. The molecule has 154 valence electrons. The highest BCUT2D eigenvalue weighted by Crippen LogP contribution is 2.29. The lowest BCUT2D eigenvalue weighted by Gasteiger charge is -2.34. The van der Waals surface area contributed by atoms with Crippen LogP contribution in [0, 0.1) is 0 Å². The van der Waals surface area contributed by atoms with Gasteiger partial charge in [-0.1, -0.05) is 24.3 Å². The molecule has 7 heteroatoms. The van der Waals surface area contributed by atoms with E-state index in [2.05, 4.69) is 0 Å². The van der Waals surface area contributed by atoms with Crippen LogP contribution in [0.2, 0.25) is 0 Å². The summed E-state index contributed by atoms with van der Waals surface area (Å²) < 4.78 is 9.98. The number of hydrogen-bond donors (Lipinski definition) is 1. The highest BCUT2D eigenvalue weighted by molar-refractivity contribution is 5.87. The second kappa shape index (κ2) is 9.71. The molecule has 0 aromatic heterocycles. The minimum absolute atomic E-state index is 0.0541. The second-order valence-corrected chi connectivity index (χ2v) is 7.66. The lowest BCUT2D eigenvalue weighted by atomic mass is 9.87. The van der Waals surface area contributed by atoms with Gasteiger partial charge in [-0.3, -0.25) is 0 Å². The first-order valence-corrected chi connectivity index (χ1v) is 9.46. The largest absolute Gasteiger partial charge is 0.528 e. The highest BCUT2D eigenvalue weighted by Gasteiger charge is 2.31. The number of aliphatic hydroxyl groups excluding tert-OH is 1. The van der Waals surface area contributed by atoms with Crippen LogP contribution >= 0.6 is 0 Å². The molecule has 7 nitrogen and oxygen atoms in total. The van der Waals surface area contributed by atoms with Crippen LogP contribution in [-0.2, 0) is 19.1 Å². The van der Waals surface area contributed by atoms with E-state index in [1.54, 1.807) is 33.8 Å². The predicted octanol–water partition coefficient (Wildman–Crippen LogP) is 3.28. The fraction of sp³-hybridized carbons (Fsp3) is 0.524. The van der Waals surface area contributed by atoms with Gasteiger partial charge < -0.3 is 19.4 Å². The van der Waals surface area contributed by atoms with Crippen LogP contribution in [0.25, 0.3) is 6.08 Å². The monoisotopic (exact) mass is 391 g/mol. The summed E-state index contributed by atoms with van der Waals surface area (Å²) in [6.07, 6.45) is 2.28. The number of rotatable bonds is 5. The summed E-state index contributed by atoms with van der Waals surface area (Å²) in [4.78, 5) is 28.3. The van der Waals surface area contributed by atoms with Crippen molar-refractivity contribution in [2.75, 3.05) is 19.7 Å². The van der Waals surface area contributed by atoms with Crippen LogP contribution in [0.5, 0.6) is 0 Å². The van der Waals surface area contributed by atoms with E-state index in [1.165, 1.54) is 11.1 Å². The van der Waals surface area contributed by atoms with Gasteiger partial charge in [-0.15, -0.1) is 5.06 Å². The van der Waals surface area contributed by atoms with Crippen molar-refractivity contribution in [1.29, 1.82) is 0 Å². The minimum Gasteiger partial charge on any atom is -0.463 e. The molecule has 28 heavy (non-hydrogen) atoms. The van der Waals surface area contributed by atoms with Gasteiger partial charge in [-0.25, -0.2) is 9.59 Å². The summed E-state index contributed by atoms with van der Waals surface area (Å²) in [7, 11) is 0. The first kappa shape index (κ1) is 21.9. The third-order valence-corrected chi connectivity index (χ3v) is 4.20. The normalized spacial score (nSPS) is 20.8. The molecule has 2 unspecified atom stereocenters. The summed E-state index contributed by atoms with van der Waals surface area (Å²) in [6, 6.07) is 7.65. The van der Waals surface area contributed by atoms with Crippen molar-refractivity contribution in [1.82, 2.24) is 5.06 Å². The summed E-state index contributed by atoms with van der Waals surface area (Å²) in [6.45, 7) is 8.12. The summed E-state index contributed by atoms with van der Waals surface area (Å²) in [5, 5.41) is 11.9. The van der Waals surface area contributed by atoms with E-state index in [-0.39, 0.29) is 18.4 Å². The molecule has 2 atom stereocenters. The topological polar surface area (TPSA) is 85.3 Å². The van der Waals surface area contributed by atoms with Gasteiger partial charge in [0.2, 0.25) is 0 Å². The number of aliphatic hydroxyl groups is 1. The summed E-state index contributed by atoms with van der Waals surface area (Å²) >= 11 is 0. The number of esters is 1. The van der Waals surface area contributed by atoms with Gasteiger partial charge >= 0.3 is 12.1 Å². The molecule has 0 spiro atoms. The van der Waals surface area contributed by atoms with Crippen molar-refractivity contribution in [3.05, 3.63) is 41.5 Å². The van der Waals surface area contributed by atoms with Gasteiger partial charge in [-0.2, -0.15) is 0 Å². The Hall–Kier alpha value is -2.38. The fourth-order valence-electron chi connectivity index (χ4n) is 2.96. The quantitative estimate of drug-likeness (QED) is 0.609. The standard InChI is InChI=1S/C21H29NO6/c1-5-26-19(24)11-8-15-6-9-16(10-7-15)17-12-13-22(14-18(17)23)28-20(25)27-21(2,3)4/h6-11,17-18,23H,5,12-14H2,1-4H3. The van der Waals surface area contributed by atoms with E-state index >= 15 is 0 Å². The average molecular weight is 391 g/mol. The molecule has 1 aromatic rings. The number of piperidine rings is 1. The maximum atomic E-state index is 11.8. The molecule has 2 rings (SSSR count). The van der Waals surface area contributed by atoms with E-state index in [1.807, 2.05) is 24.3 Å². The van der Waals surface area contributed by atoms with Crippen molar-refractivity contribution in [2.24, 2.45) is 0 Å². The number of benzene rings is 1. The molecule has 0 radical (unpaired) electrons. The number of carbonyl (C=O) groups excluding carboxylic acids is 2. The molecular weight excluding hydrogens is 362 g/mol. The minimum atomic E-state index is -0.768. The van der Waals surface area contributed by atoms with Gasteiger partial charge in [0.25, 0.3) is 0 Å². The number of carbonyl (C=O) groups is 2. The summed E-state index contributed by atoms with van der Waals surface area (Å²) in [5.74, 6) is -0.430.